The van der Waals surface area contributed by atoms with E-state index in [1.54, 1.807) is 7.11 Å². The smallest absolute Gasteiger partial charge is 0.306 e. The molecule has 1 aliphatic rings. The number of ether oxygens (including phenoxy) is 2. The molecule has 0 aromatic rings. The zero-order valence-corrected chi connectivity index (χ0v) is 7.71. The maximum atomic E-state index is 10.5. The van der Waals surface area contributed by atoms with Crippen molar-refractivity contribution in [3.05, 3.63) is 0 Å². The Morgan fingerprint density at radius 1 is 1.54 bits per heavy atom. The lowest BCUT2D eigenvalue weighted by molar-refractivity contribution is -0.151. The van der Waals surface area contributed by atoms with E-state index in [1.807, 2.05) is 0 Å². The molecule has 13 heavy (non-hydrogen) atoms. The van der Waals surface area contributed by atoms with Crippen LogP contribution in [0.5, 0.6) is 0 Å². The first kappa shape index (κ1) is 10.4. The van der Waals surface area contributed by atoms with Gasteiger partial charge in [0.1, 0.15) is 5.60 Å². The molecule has 1 heterocycles. The molecular formula is C8H15NO4. The molecule has 0 aromatic heterocycles. The van der Waals surface area contributed by atoms with Crippen molar-refractivity contribution in [3.8, 4) is 0 Å². The Bertz CT molecular complexity index is 179. The lowest BCUT2D eigenvalue weighted by Crippen LogP contribution is -2.62. The molecule has 0 spiro atoms. The zero-order chi connectivity index (χ0) is 9.73. The van der Waals surface area contributed by atoms with Crippen molar-refractivity contribution in [2.45, 2.75) is 12.0 Å². The summed E-state index contributed by atoms with van der Waals surface area (Å²) in [5.74, 6) is -0.820. The van der Waals surface area contributed by atoms with Gasteiger partial charge in [-0.3, -0.25) is 4.79 Å². The van der Waals surface area contributed by atoms with Crippen molar-refractivity contribution < 1.29 is 19.4 Å². The third-order valence-corrected chi connectivity index (χ3v) is 2.06. The lowest BCUT2D eigenvalue weighted by atomic mass is 9.93. The van der Waals surface area contributed by atoms with E-state index in [0.29, 0.717) is 26.3 Å². The third-order valence-electron chi connectivity index (χ3n) is 2.06. The molecule has 0 bridgehead atoms. The van der Waals surface area contributed by atoms with Crippen molar-refractivity contribution >= 4 is 5.97 Å². The van der Waals surface area contributed by atoms with Crippen molar-refractivity contribution in [2.75, 3.05) is 33.4 Å². The van der Waals surface area contributed by atoms with Crippen molar-refractivity contribution in [3.63, 3.8) is 0 Å². The molecule has 2 N–H and O–H groups in total. The Labute approximate surface area is 77.0 Å². The van der Waals surface area contributed by atoms with Gasteiger partial charge in [-0.05, 0) is 0 Å². The molecule has 0 atom stereocenters. The van der Waals surface area contributed by atoms with Crippen LogP contribution in [0.4, 0.5) is 0 Å². The summed E-state index contributed by atoms with van der Waals surface area (Å²) in [5, 5.41) is 11.6. The molecule has 5 nitrogen and oxygen atoms in total. The molecule has 0 amide bonds. The average molecular weight is 189 g/mol. The molecule has 1 rings (SSSR count). The van der Waals surface area contributed by atoms with Gasteiger partial charge in [-0.1, -0.05) is 0 Å². The van der Waals surface area contributed by atoms with E-state index in [4.69, 9.17) is 14.6 Å². The quantitative estimate of drug-likeness (QED) is 0.549. The van der Waals surface area contributed by atoms with E-state index in [2.05, 4.69) is 5.32 Å². The minimum Gasteiger partial charge on any atom is -0.481 e. The van der Waals surface area contributed by atoms with Crippen molar-refractivity contribution in [2.24, 2.45) is 0 Å². The summed E-state index contributed by atoms with van der Waals surface area (Å²) in [6.07, 6.45) is 0.0592. The third kappa shape index (κ3) is 2.95. The average Bonchev–Trinajstić information content (AvgIpc) is 1.99. The topological polar surface area (TPSA) is 67.8 Å². The molecule has 1 saturated heterocycles. The van der Waals surface area contributed by atoms with Crippen LogP contribution in [0.1, 0.15) is 6.42 Å². The summed E-state index contributed by atoms with van der Waals surface area (Å²) >= 11 is 0. The number of carboxylic acid groups (broad SMARTS) is 1. The molecule has 0 saturated carbocycles. The largest absolute Gasteiger partial charge is 0.481 e. The number of carboxylic acids is 1. The fraction of sp³-hybridized carbons (Fsp3) is 0.875. The van der Waals surface area contributed by atoms with Gasteiger partial charge in [0, 0.05) is 20.2 Å². The van der Waals surface area contributed by atoms with Crippen LogP contribution >= 0.6 is 0 Å². The van der Waals surface area contributed by atoms with Crippen LogP contribution in [0.25, 0.3) is 0 Å². The first-order valence-corrected chi connectivity index (χ1v) is 4.24. The SMILES string of the molecule is COCCOC1(CC(=O)O)CNC1. The summed E-state index contributed by atoms with van der Waals surface area (Å²) in [4.78, 5) is 10.5. The van der Waals surface area contributed by atoms with E-state index < -0.39 is 11.6 Å². The summed E-state index contributed by atoms with van der Waals surface area (Å²) in [6.45, 7) is 2.18. The van der Waals surface area contributed by atoms with Crippen LogP contribution in [0, 0.1) is 0 Å². The summed E-state index contributed by atoms with van der Waals surface area (Å²) in [6, 6.07) is 0. The van der Waals surface area contributed by atoms with Crippen LogP contribution in [0.15, 0.2) is 0 Å². The molecule has 0 aliphatic carbocycles. The van der Waals surface area contributed by atoms with Gasteiger partial charge in [-0.2, -0.15) is 0 Å². The first-order chi connectivity index (χ1) is 6.18. The van der Waals surface area contributed by atoms with Crippen LogP contribution in [0.2, 0.25) is 0 Å². The normalized spacial score (nSPS) is 19.5. The Morgan fingerprint density at radius 3 is 2.62 bits per heavy atom. The van der Waals surface area contributed by atoms with Gasteiger partial charge in [0.05, 0.1) is 19.6 Å². The maximum Gasteiger partial charge on any atom is 0.306 e. The van der Waals surface area contributed by atoms with Crippen LogP contribution in [0.3, 0.4) is 0 Å². The predicted molar refractivity (Wildman–Crippen MR) is 45.7 cm³/mol. The Hall–Kier alpha value is -0.650. The van der Waals surface area contributed by atoms with Crippen LogP contribution < -0.4 is 5.32 Å². The zero-order valence-electron chi connectivity index (χ0n) is 7.71. The molecule has 0 unspecified atom stereocenters. The number of hydrogen-bond acceptors (Lipinski definition) is 4. The van der Waals surface area contributed by atoms with E-state index >= 15 is 0 Å². The fourth-order valence-corrected chi connectivity index (χ4v) is 1.30. The van der Waals surface area contributed by atoms with Gasteiger partial charge >= 0.3 is 5.97 Å². The molecule has 76 valence electrons. The molecule has 1 aliphatic heterocycles. The minimum atomic E-state index is -0.820. The lowest BCUT2D eigenvalue weighted by Gasteiger charge is -2.41. The van der Waals surface area contributed by atoms with E-state index in [9.17, 15) is 4.79 Å². The fourth-order valence-electron chi connectivity index (χ4n) is 1.30. The maximum absolute atomic E-state index is 10.5. The van der Waals surface area contributed by atoms with Crippen molar-refractivity contribution in [1.29, 1.82) is 0 Å². The highest BCUT2D eigenvalue weighted by Crippen LogP contribution is 2.20. The molecule has 1 fully saturated rings. The highest BCUT2D eigenvalue weighted by molar-refractivity contribution is 5.68. The van der Waals surface area contributed by atoms with Gasteiger partial charge in [0.2, 0.25) is 0 Å². The second-order valence-electron chi connectivity index (χ2n) is 3.20. The number of carbonyl (C=O) groups is 1. The van der Waals surface area contributed by atoms with Crippen molar-refractivity contribution in [1.82, 2.24) is 5.32 Å². The van der Waals surface area contributed by atoms with E-state index in [0.717, 1.165) is 0 Å². The summed E-state index contributed by atoms with van der Waals surface area (Å²) in [7, 11) is 1.59. The molecule has 5 heteroatoms. The second kappa shape index (κ2) is 4.55. The highest BCUT2D eigenvalue weighted by atomic mass is 16.5. The standard InChI is InChI=1S/C8H15NO4/c1-12-2-3-13-8(4-7(10)11)5-9-6-8/h9H,2-6H2,1H3,(H,10,11). The van der Waals surface area contributed by atoms with Gasteiger partial charge in [0.15, 0.2) is 0 Å². The van der Waals surface area contributed by atoms with Gasteiger partial charge < -0.3 is 19.9 Å². The molecule has 0 aromatic carbocycles. The van der Waals surface area contributed by atoms with Gasteiger partial charge in [0.25, 0.3) is 0 Å². The van der Waals surface area contributed by atoms with Gasteiger partial charge in [-0.15, -0.1) is 0 Å². The highest BCUT2D eigenvalue weighted by Gasteiger charge is 2.40. The Kier molecular flexibility index (Phi) is 3.65. The van der Waals surface area contributed by atoms with E-state index in [1.165, 1.54) is 0 Å². The van der Waals surface area contributed by atoms with E-state index in [-0.39, 0.29) is 6.42 Å². The molecular weight excluding hydrogens is 174 g/mol. The monoisotopic (exact) mass is 189 g/mol. The van der Waals surface area contributed by atoms with Gasteiger partial charge in [-0.25, -0.2) is 0 Å². The summed E-state index contributed by atoms with van der Waals surface area (Å²) in [5.41, 5.74) is -0.496. The number of rotatable bonds is 6. The first-order valence-electron chi connectivity index (χ1n) is 4.24. The predicted octanol–water partition coefficient (Wildman–Crippen LogP) is -0.534. The van der Waals surface area contributed by atoms with Crippen LogP contribution in [-0.4, -0.2) is 50.1 Å². The summed E-state index contributed by atoms with van der Waals surface area (Å²) < 4.78 is 10.3. The number of hydrogen-bond donors (Lipinski definition) is 2. The molecule has 0 radical (unpaired) electrons. The van der Waals surface area contributed by atoms with Crippen LogP contribution in [-0.2, 0) is 14.3 Å². The number of methoxy groups -OCH3 is 1. The Balaban J connectivity index is 2.27. The second-order valence-corrected chi connectivity index (χ2v) is 3.20. The Morgan fingerprint density at radius 2 is 2.23 bits per heavy atom. The number of aliphatic carboxylic acids is 1. The number of nitrogens with one attached hydrogen (secondary N) is 1. The minimum absolute atomic E-state index is 0.0592.